The third-order valence-electron chi connectivity index (χ3n) is 5.95. The number of carbonyl (C=O) groups excluding carboxylic acids is 1. The molecule has 0 radical (unpaired) electrons. The molecule has 0 fully saturated rings. The molecule has 2 aromatic carbocycles. The fraction of sp³-hybridized carbons (Fsp3) is 0.192. The zero-order valence-corrected chi connectivity index (χ0v) is 22.3. The van der Waals surface area contributed by atoms with Crippen LogP contribution in [-0.2, 0) is 11.3 Å². The van der Waals surface area contributed by atoms with E-state index in [9.17, 15) is 4.79 Å². The largest absolute Gasteiger partial charge is 0.496 e. The number of rotatable bonds is 8. The van der Waals surface area contributed by atoms with Gasteiger partial charge in [0.25, 0.3) is 5.91 Å². The van der Waals surface area contributed by atoms with Gasteiger partial charge in [-0.05, 0) is 30.0 Å². The zero-order chi connectivity index (χ0) is 26.2. The highest BCUT2D eigenvalue weighted by molar-refractivity contribution is 7.99. The highest BCUT2D eigenvalue weighted by atomic mass is 32.2. The van der Waals surface area contributed by atoms with E-state index < -0.39 is 0 Å². The minimum atomic E-state index is -0.167. The Kier molecular flexibility index (Phi) is 6.44. The van der Waals surface area contributed by atoms with Crippen LogP contribution in [0, 0.1) is 0 Å². The Balaban J connectivity index is 1.22. The number of nitrogens with one attached hydrogen (secondary N) is 2. The average Bonchev–Trinajstić information content (AvgIpc) is 3.73. The second kappa shape index (κ2) is 10.0. The summed E-state index contributed by atoms with van der Waals surface area (Å²) >= 11 is 3.01. The van der Waals surface area contributed by atoms with Gasteiger partial charge in [0, 0.05) is 42.8 Å². The SMILES string of the molecule is CNC(=O)c1ccc(-c2nc(COc3cc(OC)cc4oc(-c5cn6c(n5)SC(OC)N6)cc34)cs2)cc1. The maximum atomic E-state index is 11.8. The first-order valence-electron chi connectivity index (χ1n) is 11.6. The van der Waals surface area contributed by atoms with Crippen molar-refractivity contribution in [1.82, 2.24) is 20.0 Å². The molecule has 0 saturated heterocycles. The van der Waals surface area contributed by atoms with E-state index in [-0.39, 0.29) is 18.1 Å². The van der Waals surface area contributed by atoms with E-state index in [0.29, 0.717) is 34.1 Å². The third kappa shape index (κ3) is 4.57. The molecule has 12 heteroatoms. The number of imidazole rings is 1. The van der Waals surface area contributed by atoms with Crippen molar-refractivity contribution in [2.75, 3.05) is 26.7 Å². The van der Waals surface area contributed by atoms with Gasteiger partial charge in [0.2, 0.25) is 0 Å². The molecule has 0 saturated carbocycles. The van der Waals surface area contributed by atoms with Crippen LogP contribution in [0.4, 0.5) is 0 Å². The Morgan fingerprint density at radius 2 is 2.03 bits per heavy atom. The summed E-state index contributed by atoms with van der Waals surface area (Å²) < 4.78 is 24.9. The van der Waals surface area contributed by atoms with Gasteiger partial charge in [-0.3, -0.25) is 10.2 Å². The summed E-state index contributed by atoms with van der Waals surface area (Å²) in [6, 6.07) is 12.9. The summed E-state index contributed by atoms with van der Waals surface area (Å²) in [5.74, 6) is 1.74. The number of benzene rings is 2. The van der Waals surface area contributed by atoms with Crippen molar-refractivity contribution in [2.24, 2.45) is 0 Å². The molecule has 0 aliphatic carbocycles. The van der Waals surface area contributed by atoms with Crippen LogP contribution in [0.5, 0.6) is 11.5 Å². The van der Waals surface area contributed by atoms with Gasteiger partial charge < -0.3 is 23.9 Å². The summed E-state index contributed by atoms with van der Waals surface area (Å²) in [4.78, 5) is 21.2. The van der Waals surface area contributed by atoms with Gasteiger partial charge >= 0.3 is 0 Å². The Bertz CT molecular complexity index is 1600. The molecule has 5 aromatic rings. The van der Waals surface area contributed by atoms with Crippen molar-refractivity contribution in [1.29, 1.82) is 0 Å². The van der Waals surface area contributed by atoms with Crippen molar-refractivity contribution >= 4 is 40.0 Å². The number of thioether (sulfide) groups is 1. The van der Waals surface area contributed by atoms with Gasteiger partial charge in [-0.15, -0.1) is 11.3 Å². The van der Waals surface area contributed by atoms with Gasteiger partial charge in [0.15, 0.2) is 16.5 Å². The number of amides is 1. The molecule has 1 aliphatic rings. The van der Waals surface area contributed by atoms with Crippen molar-refractivity contribution in [3.05, 3.63) is 65.3 Å². The van der Waals surface area contributed by atoms with Crippen LogP contribution in [0.15, 0.2) is 63.6 Å². The van der Waals surface area contributed by atoms with Crippen LogP contribution in [0.3, 0.4) is 0 Å². The molecule has 3 aromatic heterocycles. The van der Waals surface area contributed by atoms with Gasteiger partial charge in [-0.25, -0.2) is 14.6 Å². The summed E-state index contributed by atoms with van der Waals surface area (Å²) in [5.41, 5.74) is 6.68. The fourth-order valence-corrected chi connectivity index (χ4v) is 5.64. The maximum absolute atomic E-state index is 11.8. The van der Waals surface area contributed by atoms with Crippen molar-refractivity contribution in [3.8, 4) is 33.5 Å². The summed E-state index contributed by atoms with van der Waals surface area (Å²) in [5, 5.41) is 7.04. The molecule has 38 heavy (non-hydrogen) atoms. The van der Waals surface area contributed by atoms with Gasteiger partial charge in [0.05, 0.1) is 24.4 Å². The van der Waals surface area contributed by atoms with E-state index in [4.69, 9.17) is 23.6 Å². The van der Waals surface area contributed by atoms with Crippen LogP contribution in [0.2, 0.25) is 0 Å². The molecule has 6 rings (SSSR count). The Labute approximate surface area is 225 Å². The predicted octanol–water partition coefficient (Wildman–Crippen LogP) is 4.95. The van der Waals surface area contributed by atoms with Crippen molar-refractivity contribution in [2.45, 2.75) is 17.3 Å². The van der Waals surface area contributed by atoms with Crippen LogP contribution in [0.25, 0.3) is 33.0 Å². The van der Waals surface area contributed by atoms with Crippen LogP contribution in [-0.4, -0.2) is 47.4 Å². The topological polar surface area (TPSA) is 113 Å². The Hall–Kier alpha value is -4.00. The molecule has 194 valence electrons. The first-order valence-corrected chi connectivity index (χ1v) is 13.4. The molecule has 10 nitrogen and oxygen atoms in total. The molecule has 4 heterocycles. The van der Waals surface area contributed by atoms with Gasteiger partial charge in [-0.1, -0.05) is 12.1 Å². The molecule has 1 aliphatic heterocycles. The number of hydrogen-bond acceptors (Lipinski definition) is 10. The van der Waals surface area contributed by atoms with E-state index in [2.05, 4.69) is 15.7 Å². The highest BCUT2D eigenvalue weighted by Gasteiger charge is 2.25. The molecule has 0 bridgehead atoms. The second-order valence-corrected chi connectivity index (χ2v) is 10.2. The Morgan fingerprint density at radius 3 is 2.76 bits per heavy atom. The smallest absolute Gasteiger partial charge is 0.251 e. The monoisotopic (exact) mass is 549 g/mol. The Morgan fingerprint density at radius 1 is 1.18 bits per heavy atom. The number of thiazole rings is 1. The number of carbonyl (C=O) groups is 1. The fourth-order valence-electron chi connectivity index (χ4n) is 4.01. The van der Waals surface area contributed by atoms with Crippen LogP contribution < -0.4 is 20.2 Å². The van der Waals surface area contributed by atoms with Crippen molar-refractivity contribution < 1.29 is 23.4 Å². The molecule has 1 amide bonds. The van der Waals surface area contributed by atoms with E-state index in [1.807, 2.05) is 46.6 Å². The second-order valence-electron chi connectivity index (χ2n) is 8.33. The predicted molar refractivity (Wildman–Crippen MR) is 145 cm³/mol. The minimum Gasteiger partial charge on any atom is -0.496 e. The number of aromatic nitrogens is 3. The van der Waals surface area contributed by atoms with E-state index >= 15 is 0 Å². The van der Waals surface area contributed by atoms with Crippen LogP contribution >= 0.6 is 23.1 Å². The summed E-state index contributed by atoms with van der Waals surface area (Å²) in [7, 11) is 4.86. The highest BCUT2D eigenvalue weighted by Crippen LogP contribution is 2.38. The van der Waals surface area contributed by atoms with E-state index in [1.165, 1.54) is 23.1 Å². The quantitative estimate of drug-likeness (QED) is 0.278. The lowest BCUT2D eigenvalue weighted by atomic mass is 10.1. The number of fused-ring (bicyclic) bond motifs is 2. The lowest BCUT2D eigenvalue weighted by Crippen LogP contribution is -2.19. The third-order valence-corrected chi connectivity index (χ3v) is 7.91. The molecule has 2 N–H and O–H groups in total. The molecule has 1 unspecified atom stereocenters. The summed E-state index contributed by atoms with van der Waals surface area (Å²) in [6.45, 7) is 0.271. The van der Waals surface area contributed by atoms with Gasteiger partial charge in [-0.2, -0.15) is 0 Å². The van der Waals surface area contributed by atoms with Crippen molar-refractivity contribution in [3.63, 3.8) is 0 Å². The normalized spacial score (nSPS) is 14.3. The van der Waals surface area contributed by atoms with E-state index in [1.54, 1.807) is 33.4 Å². The molecule has 1 atom stereocenters. The van der Waals surface area contributed by atoms with Crippen LogP contribution in [0.1, 0.15) is 16.1 Å². The molecular weight excluding hydrogens is 526 g/mol. The molecular formula is C26H23N5O5S2. The number of methoxy groups -OCH3 is 2. The zero-order valence-electron chi connectivity index (χ0n) is 20.7. The molecule has 0 spiro atoms. The number of furan rings is 1. The maximum Gasteiger partial charge on any atom is 0.251 e. The lowest BCUT2D eigenvalue weighted by Gasteiger charge is -2.08. The standard InChI is InChI=1S/C26H23N5O5S2/c1-27-23(32)14-4-6-15(7-5-14)24-28-16(13-37-24)12-35-20-8-17(33-2)9-21-18(20)10-22(36-21)19-11-31-25(29-19)38-26(30-31)34-3/h4-11,13,26,30H,12H2,1-3H3,(H,27,32). The van der Waals surface area contributed by atoms with E-state index in [0.717, 1.165) is 26.8 Å². The van der Waals surface area contributed by atoms with Gasteiger partial charge in [0.1, 0.15) is 34.4 Å². The number of nitrogens with zero attached hydrogens (tertiary/aromatic N) is 3. The number of ether oxygens (including phenoxy) is 3. The lowest BCUT2D eigenvalue weighted by molar-refractivity contribution is 0.0963. The average molecular weight is 550 g/mol. The minimum absolute atomic E-state index is 0.121. The first-order chi connectivity index (χ1) is 18.5. The first kappa shape index (κ1) is 24.3. The number of hydrogen-bond donors (Lipinski definition) is 2. The summed E-state index contributed by atoms with van der Waals surface area (Å²) in [6.07, 6.45) is 1.87.